The zero-order valence-corrected chi connectivity index (χ0v) is 54.4. The Kier molecular flexibility index (Phi) is 14.2. The second-order valence-corrected chi connectivity index (χ2v) is 29.4. The molecule has 0 amide bonds. The van der Waals surface area contributed by atoms with Gasteiger partial charge in [0, 0.05) is 51.3 Å². The van der Waals surface area contributed by atoms with Crippen LogP contribution in [0.4, 0.5) is 22.7 Å². The highest BCUT2D eigenvalue weighted by Gasteiger charge is 2.34. The highest BCUT2D eigenvalue weighted by Crippen LogP contribution is 2.53. The van der Waals surface area contributed by atoms with E-state index in [0.29, 0.717) is 6.67 Å². The third kappa shape index (κ3) is 10.4. The summed E-state index contributed by atoms with van der Waals surface area (Å²) in [6.45, 7) is 37.3. The van der Waals surface area contributed by atoms with Gasteiger partial charge in [-0.3, -0.25) is 4.57 Å². The lowest BCUT2D eigenvalue weighted by Crippen LogP contribution is -2.25. The third-order valence-electron chi connectivity index (χ3n) is 18.3. The lowest BCUT2D eigenvalue weighted by molar-refractivity contribution is 0.483. The summed E-state index contributed by atoms with van der Waals surface area (Å²) in [6, 6.07) is 70.1. The van der Waals surface area contributed by atoms with Crippen molar-refractivity contribution < 1.29 is 9.15 Å². The van der Waals surface area contributed by atoms with Crippen LogP contribution in [-0.4, -0.2) is 16.2 Å². The quantitative estimate of drug-likeness (QED) is 0.137. The topological polar surface area (TPSA) is 46.7 Å². The fourth-order valence-electron chi connectivity index (χ4n) is 13.3. The second kappa shape index (κ2) is 21.5. The molecule has 444 valence electrons. The smallest absolute Gasteiger partial charge is 0.145 e. The molecule has 12 aromatic rings. The Bertz CT molecular complexity index is 4550. The SMILES string of the molecule is CC(C)c1cccc(C(C)C)c1-c1cc(Oc2ccc3c4c5oc6ccccc6c5ccc4n(-c4cc(C(C)(C)C)ccn4)c3c2)cc(N2CN(c3c(-c4ccc(C(C)(C)C)cc4)cc(C(C)(C)C)cc3-c3ccc(C(C)(C)C)cc3)c3ccccc32)c1. The monoisotopic (exact) mass is 1160 g/mol. The number of hydrogen-bond acceptors (Lipinski definition) is 5. The van der Waals surface area contributed by atoms with E-state index in [1.807, 2.05) is 12.3 Å². The van der Waals surface area contributed by atoms with E-state index < -0.39 is 0 Å². The normalized spacial score (nSPS) is 13.3. The molecule has 0 saturated heterocycles. The molecule has 0 saturated carbocycles. The van der Waals surface area contributed by atoms with Crippen LogP contribution in [0.25, 0.3) is 82.9 Å². The Morgan fingerprint density at radius 1 is 0.443 bits per heavy atom. The minimum Gasteiger partial charge on any atom is -0.457 e. The van der Waals surface area contributed by atoms with Gasteiger partial charge in [0.1, 0.15) is 35.2 Å². The van der Waals surface area contributed by atoms with Crippen LogP contribution in [0.5, 0.6) is 11.5 Å². The molecule has 0 atom stereocenters. The number of benzene rings is 9. The zero-order chi connectivity index (χ0) is 61.9. The molecule has 3 aromatic heterocycles. The molecule has 1 aliphatic rings. The molecule has 4 heterocycles. The van der Waals surface area contributed by atoms with E-state index in [-0.39, 0.29) is 33.5 Å². The van der Waals surface area contributed by atoms with Crippen LogP contribution in [0.1, 0.15) is 156 Å². The number of fused-ring (bicyclic) bond motifs is 8. The van der Waals surface area contributed by atoms with Crippen LogP contribution in [0.15, 0.2) is 199 Å². The van der Waals surface area contributed by atoms with Gasteiger partial charge in [-0.1, -0.05) is 208 Å². The number of furan rings is 1. The van der Waals surface area contributed by atoms with Gasteiger partial charge in [0.15, 0.2) is 0 Å². The maximum atomic E-state index is 7.42. The van der Waals surface area contributed by atoms with Crippen molar-refractivity contribution in [2.45, 2.75) is 144 Å². The Morgan fingerprint density at radius 3 is 1.60 bits per heavy atom. The summed E-state index contributed by atoms with van der Waals surface area (Å²) in [6.07, 6.45) is 1.94. The first-order valence-corrected chi connectivity index (χ1v) is 31.7. The predicted octanol–water partition coefficient (Wildman–Crippen LogP) is 23.6. The van der Waals surface area contributed by atoms with E-state index in [9.17, 15) is 0 Å². The molecule has 13 rings (SSSR count). The van der Waals surface area contributed by atoms with Gasteiger partial charge in [0.2, 0.25) is 0 Å². The molecular formula is C82H84N4O2. The van der Waals surface area contributed by atoms with Crippen LogP contribution < -0.4 is 14.5 Å². The molecule has 6 heteroatoms. The highest BCUT2D eigenvalue weighted by molar-refractivity contribution is 6.24. The summed E-state index contributed by atoms with van der Waals surface area (Å²) in [5.74, 6) is 2.87. The number of nitrogens with zero attached hydrogens (tertiary/aromatic N) is 4. The number of hydrogen-bond donors (Lipinski definition) is 0. The minimum absolute atomic E-state index is 0.0117. The van der Waals surface area contributed by atoms with Gasteiger partial charge in [-0.25, -0.2) is 4.98 Å². The maximum Gasteiger partial charge on any atom is 0.145 e. The van der Waals surface area contributed by atoms with Gasteiger partial charge in [-0.2, -0.15) is 0 Å². The van der Waals surface area contributed by atoms with E-state index in [1.165, 1.54) is 66.9 Å². The standard InChI is InChI=1S/C82H84N4O2/c1-50(2)62-23-21-24-63(51(3)4)75(62)54-42-59(47-61(43-54)87-60-36-37-66-72(48-60)86(74-46-57(40-41-83-74)81(11,12)13)71-39-38-65-64-22-17-20-27-73(64)88-78(65)76(66)71)84-49-85(70-26-19-18-25-69(70)84)77-67(52-28-32-55(33-29-52)79(5,6)7)44-58(82(14,15)16)45-68(77)53-30-34-56(35-31-53)80(8,9)10/h17-48,50-51H,49H2,1-16H3. The number of ether oxygens (including phenoxy) is 1. The largest absolute Gasteiger partial charge is 0.457 e. The summed E-state index contributed by atoms with van der Waals surface area (Å²) in [7, 11) is 0. The van der Waals surface area contributed by atoms with Gasteiger partial charge in [-0.15, -0.1) is 0 Å². The van der Waals surface area contributed by atoms with E-state index >= 15 is 0 Å². The van der Waals surface area contributed by atoms with Crippen molar-refractivity contribution in [1.82, 2.24) is 9.55 Å². The zero-order valence-electron chi connectivity index (χ0n) is 54.4. The molecule has 6 nitrogen and oxygen atoms in total. The average Bonchev–Trinajstić information content (AvgIpc) is 1.56. The van der Waals surface area contributed by atoms with E-state index in [0.717, 1.165) is 83.7 Å². The molecule has 0 aliphatic carbocycles. The Hall–Kier alpha value is -8.87. The van der Waals surface area contributed by atoms with Gasteiger partial charge < -0.3 is 19.0 Å². The van der Waals surface area contributed by atoms with Crippen molar-refractivity contribution in [2.24, 2.45) is 0 Å². The molecule has 1 aliphatic heterocycles. The summed E-state index contributed by atoms with van der Waals surface area (Å²) in [5.41, 5.74) is 23.0. The lowest BCUT2D eigenvalue weighted by Gasteiger charge is -2.31. The van der Waals surface area contributed by atoms with Gasteiger partial charge in [0.05, 0.1) is 33.5 Å². The molecule has 88 heavy (non-hydrogen) atoms. The molecule has 0 spiro atoms. The Labute approximate surface area is 521 Å². The van der Waals surface area contributed by atoms with Crippen molar-refractivity contribution in [2.75, 3.05) is 16.5 Å². The number of aromatic nitrogens is 2. The summed E-state index contributed by atoms with van der Waals surface area (Å²) in [4.78, 5) is 10.2. The first-order valence-electron chi connectivity index (χ1n) is 31.7. The van der Waals surface area contributed by atoms with E-state index in [1.54, 1.807) is 0 Å². The fraction of sp³-hybridized carbons (Fsp3) is 0.280. The van der Waals surface area contributed by atoms with Crippen LogP contribution in [-0.2, 0) is 21.7 Å². The van der Waals surface area contributed by atoms with Crippen LogP contribution >= 0.6 is 0 Å². The second-order valence-electron chi connectivity index (χ2n) is 29.4. The molecule has 0 bridgehead atoms. The summed E-state index contributed by atoms with van der Waals surface area (Å²) in [5, 5.41) is 4.31. The fourth-order valence-corrected chi connectivity index (χ4v) is 13.3. The van der Waals surface area contributed by atoms with Crippen molar-refractivity contribution in [3.63, 3.8) is 0 Å². The lowest BCUT2D eigenvalue weighted by atomic mass is 9.81. The van der Waals surface area contributed by atoms with Crippen molar-refractivity contribution in [3.05, 3.63) is 228 Å². The van der Waals surface area contributed by atoms with E-state index in [2.05, 4.69) is 307 Å². The number of pyridine rings is 1. The first-order chi connectivity index (χ1) is 41.8. The van der Waals surface area contributed by atoms with Crippen LogP contribution in [0.3, 0.4) is 0 Å². The summed E-state index contributed by atoms with van der Waals surface area (Å²) < 4.78 is 16.5. The molecule has 0 radical (unpaired) electrons. The molecule has 0 unspecified atom stereocenters. The van der Waals surface area contributed by atoms with Gasteiger partial charge in [-0.05, 0) is 168 Å². The molecular weight excluding hydrogens is 1070 g/mol. The van der Waals surface area contributed by atoms with Crippen LogP contribution in [0.2, 0.25) is 0 Å². The minimum atomic E-state index is -0.123. The Morgan fingerprint density at radius 2 is 1.01 bits per heavy atom. The average molecular weight is 1160 g/mol. The first kappa shape index (κ1) is 58.2. The van der Waals surface area contributed by atoms with Crippen molar-refractivity contribution in [3.8, 4) is 50.7 Å². The highest BCUT2D eigenvalue weighted by atomic mass is 16.5. The van der Waals surface area contributed by atoms with Gasteiger partial charge >= 0.3 is 0 Å². The number of anilines is 4. The van der Waals surface area contributed by atoms with E-state index in [4.69, 9.17) is 14.1 Å². The molecule has 9 aromatic carbocycles. The van der Waals surface area contributed by atoms with Crippen molar-refractivity contribution >= 4 is 66.5 Å². The maximum absolute atomic E-state index is 7.42. The molecule has 0 N–H and O–H groups in total. The number of para-hydroxylation sites is 3. The number of rotatable bonds is 10. The predicted molar refractivity (Wildman–Crippen MR) is 374 cm³/mol. The van der Waals surface area contributed by atoms with Gasteiger partial charge in [0.25, 0.3) is 0 Å². The Balaban J connectivity index is 1.02. The van der Waals surface area contributed by atoms with Crippen molar-refractivity contribution in [1.29, 1.82) is 0 Å². The summed E-state index contributed by atoms with van der Waals surface area (Å²) >= 11 is 0. The third-order valence-corrected chi connectivity index (χ3v) is 18.3. The molecule has 0 fully saturated rings. The van der Waals surface area contributed by atoms with Crippen LogP contribution in [0, 0.1) is 0 Å².